The lowest BCUT2D eigenvalue weighted by Gasteiger charge is -2.23. The van der Waals surface area contributed by atoms with Crippen molar-refractivity contribution in [3.8, 4) is 0 Å². The van der Waals surface area contributed by atoms with E-state index in [1.54, 1.807) is 0 Å². The highest BCUT2D eigenvalue weighted by molar-refractivity contribution is 7.89. The van der Waals surface area contributed by atoms with Gasteiger partial charge in [0.15, 0.2) is 0 Å². The minimum absolute atomic E-state index is 0.161. The third-order valence-corrected chi connectivity index (χ3v) is 4.38. The van der Waals surface area contributed by atoms with Crippen LogP contribution in [0, 0.1) is 5.82 Å². The number of benzene rings is 1. The fourth-order valence-electron chi connectivity index (χ4n) is 1.39. The second-order valence-electron chi connectivity index (χ2n) is 4.64. The third-order valence-electron chi connectivity index (χ3n) is 2.69. The molecule has 1 atom stereocenters. The van der Waals surface area contributed by atoms with E-state index in [-0.39, 0.29) is 22.9 Å². The van der Waals surface area contributed by atoms with Crippen LogP contribution in [0.4, 0.5) is 4.39 Å². The van der Waals surface area contributed by atoms with Gasteiger partial charge in [0.1, 0.15) is 5.82 Å². The predicted octanol–water partition coefficient (Wildman–Crippen LogP) is 1.54. The van der Waals surface area contributed by atoms with Gasteiger partial charge in [-0.2, -0.15) is 0 Å². The lowest BCUT2D eigenvalue weighted by Crippen LogP contribution is -2.41. The van der Waals surface area contributed by atoms with E-state index >= 15 is 0 Å². The highest BCUT2D eigenvalue weighted by Crippen LogP contribution is 2.19. The molecule has 0 bridgehead atoms. The number of sulfonamides is 1. The van der Waals surface area contributed by atoms with Crippen molar-refractivity contribution in [3.63, 3.8) is 0 Å². The Kier molecular flexibility index (Phi) is 5.91. The van der Waals surface area contributed by atoms with Crippen molar-refractivity contribution in [3.05, 3.63) is 29.0 Å². The normalized spacial score (nSPS) is 15.1. The molecule has 114 valence electrons. The molecule has 1 rings (SSSR count). The summed E-state index contributed by atoms with van der Waals surface area (Å²) in [5.74, 6) is -0.697. The molecule has 0 aliphatic rings. The van der Waals surface area contributed by atoms with E-state index in [1.807, 2.05) is 0 Å². The van der Waals surface area contributed by atoms with Gasteiger partial charge in [0.2, 0.25) is 10.0 Å². The van der Waals surface area contributed by atoms with E-state index in [1.165, 1.54) is 14.0 Å². The van der Waals surface area contributed by atoms with Crippen LogP contribution in [0.1, 0.15) is 13.3 Å². The molecule has 0 saturated heterocycles. The summed E-state index contributed by atoms with van der Waals surface area (Å²) >= 11 is 5.55. The monoisotopic (exact) mass is 325 g/mol. The highest BCUT2D eigenvalue weighted by atomic mass is 35.5. The summed E-state index contributed by atoms with van der Waals surface area (Å²) in [7, 11) is -2.37. The minimum Gasteiger partial charge on any atom is -0.389 e. The van der Waals surface area contributed by atoms with E-state index in [2.05, 4.69) is 4.72 Å². The van der Waals surface area contributed by atoms with Crippen molar-refractivity contribution in [1.29, 1.82) is 0 Å². The first kappa shape index (κ1) is 17.3. The maximum Gasteiger partial charge on any atom is 0.240 e. The number of aliphatic hydroxyl groups is 1. The average molecular weight is 326 g/mol. The molecular weight excluding hydrogens is 309 g/mol. The van der Waals surface area contributed by atoms with Gasteiger partial charge in [0.25, 0.3) is 0 Å². The van der Waals surface area contributed by atoms with Crippen LogP contribution in [0.25, 0.3) is 0 Å². The van der Waals surface area contributed by atoms with Gasteiger partial charge in [-0.25, -0.2) is 17.5 Å². The first-order valence-electron chi connectivity index (χ1n) is 5.84. The molecule has 0 aliphatic carbocycles. The summed E-state index contributed by atoms with van der Waals surface area (Å²) in [6, 6.07) is 3.09. The molecule has 0 aliphatic heterocycles. The van der Waals surface area contributed by atoms with Crippen LogP contribution in [0.2, 0.25) is 5.02 Å². The zero-order valence-corrected chi connectivity index (χ0v) is 12.8. The maximum absolute atomic E-state index is 13.0. The molecule has 2 N–H and O–H groups in total. The van der Waals surface area contributed by atoms with Crippen molar-refractivity contribution >= 4 is 21.6 Å². The van der Waals surface area contributed by atoms with E-state index in [0.29, 0.717) is 6.61 Å². The zero-order chi connectivity index (χ0) is 15.4. The summed E-state index contributed by atoms with van der Waals surface area (Å²) in [6.07, 6.45) is 0.274. The first-order valence-corrected chi connectivity index (χ1v) is 7.70. The smallest absolute Gasteiger partial charge is 0.240 e. The van der Waals surface area contributed by atoms with E-state index in [9.17, 15) is 17.9 Å². The van der Waals surface area contributed by atoms with E-state index in [4.69, 9.17) is 16.3 Å². The molecule has 1 aromatic carbocycles. The summed E-state index contributed by atoms with van der Waals surface area (Å²) in [5.41, 5.74) is -1.24. The van der Waals surface area contributed by atoms with Crippen LogP contribution < -0.4 is 4.72 Å². The van der Waals surface area contributed by atoms with Gasteiger partial charge in [-0.1, -0.05) is 11.6 Å². The summed E-state index contributed by atoms with van der Waals surface area (Å²) in [6.45, 7) is 1.61. The molecule has 20 heavy (non-hydrogen) atoms. The molecule has 0 fully saturated rings. The molecule has 0 saturated carbocycles. The van der Waals surface area contributed by atoms with Crippen molar-refractivity contribution in [1.82, 2.24) is 4.72 Å². The summed E-state index contributed by atoms with van der Waals surface area (Å²) in [5, 5.41) is 9.68. The number of methoxy groups -OCH3 is 1. The van der Waals surface area contributed by atoms with Crippen molar-refractivity contribution in [2.45, 2.75) is 23.8 Å². The molecular formula is C12H17ClFNO4S. The molecule has 8 heteroatoms. The predicted molar refractivity (Wildman–Crippen MR) is 73.7 cm³/mol. The van der Waals surface area contributed by atoms with Crippen LogP contribution in [0.3, 0.4) is 0 Å². The lowest BCUT2D eigenvalue weighted by molar-refractivity contribution is 0.0292. The highest BCUT2D eigenvalue weighted by Gasteiger charge is 2.24. The van der Waals surface area contributed by atoms with Crippen LogP contribution in [0.5, 0.6) is 0 Å². The number of ether oxygens (including phenoxy) is 1. The van der Waals surface area contributed by atoms with Crippen molar-refractivity contribution in [2.75, 3.05) is 20.3 Å². The Labute approximate surface area is 122 Å². The molecule has 0 radical (unpaired) electrons. The number of hydrogen-bond acceptors (Lipinski definition) is 4. The molecule has 1 aromatic rings. The Bertz CT molecular complexity index is 563. The molecule has 0 amide bonds. The van der Waals surface area contributed by atoms with Gasteiger partial charge >= 0.3 is 0 Å². The summed E-state index contributed by atoms with van der Waals surface area (Å²) < 4.78 is 44.0. The van der Waals surface area contributed by atoms with Gasteiger partial charge in [-0.15, -0.1) is 0 Å². The van der Waals surface area contributed by atoms with Crippen LogP contribution >= 0.6 is 11.6 Å². The molecule has 0 aromatic heterocycles. The summed E-state index contributed by atoms with van der Waals surface area (Å²) in [4.78, 5) is -0.161. The second-order valence-corrected chi connectivity index (χ2v) is 6.81. The van der Waals surface area contributed by atoms with E-state index < -0.39 is 21.4 Å². The topological polar surface area (TPSA) is 75.6 Å². The molecule has 5 nitrogen and oxygen atoms in total. The van der Waals surface area contributed by atoms with Crippen molar-refractivity contribution < 1.29 is 22.7 Å². The van der Waals surface area contributed by atoms with Crippen LogP contribution in [-0.4, -0.2) is 39.4 Å². The first-order chi connectivity index (χ1) is 9.18. The second kappa shape index (κ2) is 6.82. The van der Waals surface area contributed by atoms with Gasteiger partial charge < -0.3 is 9.84 Å². The Balaban J connectivity index is 2.77. The Morgan fingerprint density at radius 2 is 2.15 bits per heavy atom. The van der Waals surface area contributed by atoms with E-state index in [0.717, 1.165) is 18.2 Å². The Morgan fingerprint density at radius 3 is 2.70 bits per heavy atom. The number of halogens is 2. The van der Waals surface area contributed by atoms with Gasteiger partial charge in [0, 0.05) is 26.7 Å². The van der Waals surface area contributed by atoms with Gasteiger partial charge in [-0.05, 0) is 25.1 Å². The number of rotatable bonds is 7. The molecule has 0 spiro atoms. The molecule has 0 heterocycles. The SMILES string of the molecule is COCCC(C)(O)CNS(=O)(=O)c1ccc(F)c(Cl)c1. The maximum atomic E-state index is 13.0. The quantitative estimate of drug-likeness (QED) is 0.797. The zero-order valence-electron chi connectivity index (χ0n) is 11.2. The van der Waals surface area contributed by atoms with Crippen LogP contribution in [-0.2, 0) is 14.8 Å². The lowest BCUT2D eigenvalue weighted by atomic mass is 10.0. The fourth-order valence-corrected chi connectivity index (χ4v) is 2.82. The van der Waals surface area contributed by atoms with Crippen molar-refractivity contribution in [2.24, 2.45) is 0 Å². The molecule has 1 unspecified atom stereocenters. The number of hydrogen-bond donors (Lipinski definition) is 2. The Hall–Kier alpha value is -0.730. The largest absolute Gasteiger partial charge is 0.389 e. The standard InChI is InChI=1S/C12H17ClFNO4S/c1-12(16,5-6-19-2)8-15-20(17,18)9-3-4-11(14)10(13)7-9/h3-4,7,15-16H,5-6,8H2,1-2H3. The number of nitrogens with one attached hydrogen (secondary N) is 1. The fraction of sp³-hybridized carbons (Fsp3) is 0.500. The van der Waals surface area contributed by atoms with Gasteiger partial charge in [-0.3, -0.25) is 0 Å². The van der Waals surface area contributed by atoms with Crippen LogP contribution in [0.15, 0.2) is 23.1 Å². The Morgan fingerprint density at radius 1 is 1.50 bits per heavy atom. The van der Waals surface area contributed by atoms with Gasteiger partial charge in [0.05, 0.1) is 15.5 Å². The third kappa shape index (κ3) is 4.99. The average Bonchev–Trinajstić information content (AvgIpc) is 2.37. The minimum atomic E-state index is -3.86.